The van der Waals surface area contributed by atoms with Crippen molar-refractivity contribution in [2.45, 2.75) is 18.2 Å². The zero-order valence-electron chi connectivity index (χ0n) is 16.1. The van der Waals surface area contributed by atoms with E-state index in [1.165, 1.54) is 5.56 Å². The standard InChI is InChI=1S/C22H28N2O2S/c1-23(2)14-8-16-26-20-12-7-6-11-19(20)22-24(21(25)17-27-22)15-13-18-9-4-3-5-10-18/h3-7,9-12,22H,8,13-17H2,1-2H3. The highest BCUT2D eigenvalue weighted by atomic mass is 32.2. The maximum absolute atomic E-state index is 12.5. The van der Waals surface area contributed by atoms with Crippen LogP contribution in [0.4, 0.5) is 0 Å². The Morgan fingerprint density at radius 2 is 1.85 bits per heavy atom. The van der Waals surface area contributed by atoms with E-state index in [2.05, 4.69) is 37.2 Å². The molecule has 2 aromatic rings. The number of ether oxygens (including phenoxy) is 1. The van der Waals surface area contributed by atoms with Crippen molar-refractivity contribution in [3.05, 3.63) is 65.7 Å². The monoisotopic (exact) mass is 384 g/mol. The number of para-hydroxylation sites is 1. The third kappa shape index (κ3) is 5.50. The van der Waals surface area contributed by atoms with Crippen LogP contribution >= 0.6 is 11.8 Å². The SMILES string of the molecule is CN(C)CCCOc1ccccc1C1SCC(=O)N1CCc1ccccc1. The van der Waals surface area contributed by atoms with Gasteiger partial charge in [-0.15, -0.1) is 11.8 Å². The molecule has 0 bridgehead atoms. The van der Waals surface area contributed by atoms with Crippen LogP contribution < -0.4 is 4.74 Å². The fourth-order valence-corrected chi connectivity index (χ4v) is 4.47. The molecule has 1 aliphatic rings. The zero-order chi connectivity index (χ0) is 19.1. The number of rotatable bonds is 9. The van der Waals surface area contributed by atoms with Gasteiger partial charge in [0.25, 0.3) is 0 Å². The predicted molar refractivity (Wildman–Crippen MR) is 112 cm³/mol. The first-order valence-corrected chi connectivity index (χ1v) is 10.5. The minimum Gasteiger partial charge on any atom is -0.493 e. The molecule has 0 saturated carbocycles. The van der Waals surface area contributed by atoms with Crippen LogP contribution in [0.3, 0.4) is 0 Å². The van der Waals surface area contributed by atoms with Crippen LogP contribution in [0.15, 0.2) is 54.6 Å². The first kappa shape index (κ1) is 19.8. The molecule has 1 fully saturated rings. The van der Waals surface area contributed by atoms with E-state index in [0.717, 1.165) is 37.2 Å². The fourth-order valence-electron chi connectivity index (χ4n) is 3.23. The second-order valence-electron chi connectivity index (χ2n) is 7.03. The second-order valence-corrected chi connectivity index (χ2v) is 8.10. The van der Waals surface area contributed by atoms with Crippen molar-refractivity contribution in [3.63, 3.8) is 0 Å². The van der Waals surface area contributed by atoms with E-state index in [4.69, 9.17) is 4.74 Å². The molecule has 1 atom stereocenters. The Balaban J connectivity index is 1.67. The van der Waals surface area contributed by atoms with E-state index < -0.39 is 0 Å². The van der Waals surface area contributed by atoms with Crippen LogP contribution in [0.25, 0.3) is 0 Å². The Kier molecular flexibility index (Phi) is 7.18. The maximum atomic E-state index is 12.5. The fraction of sp³-hybridized carbons (Fsp3) is 0.409. The summed E-state index contributed by atoms with van der Waals surface area (Å²) >= 11 is 1.69. The quantitative estimate of drug-likeness (QED) is 0.615. The van der Waals surface area contributed by atoms with Crippen molar-refractivity contribution in [3.8, 4) is 5.75 Å². The molecule has 1 saturated heterocycles. The number of thioether (sulfide) groups is 1. The largest absolute Gasteiger partial charge is 0.493 e. The Morgan fingerprint density at radius 3 is 2.63 bits per heavy atom. The van der Waals surface area contributed by atoms with Crippen molar-refractivity contribution < 1.29 is 9.53 Å². The van der Waals surface area contributed by atoms with Crippen molar-refractivity contribution in [2.75, 3.05) is 39.5 Å². The Labute approximate surface area is 166 Å². The van der Waals surface area contributed by atoms with Crippen LogP contribution in [0.2, 0.25) is 0 Å². The summed E-state index contributed by atoms with van der Waals surface area (Å²) in [6, 6.07) is 18.5. The summed E-state index contributed by atoms with van der Waals surface area (Å²) in [7, 11) is 4.14. The number of amides is 1. The summed E-state index contributed by atoms with van der Waals surface area (Å²) in [6.07, 6.45) is 1.85. The van der Waals surface area contributed by atoms with Gasteiger partial charge in [-0.3, -0.25) is 4.79 Å². The van der Waals surface area contributed by atoms with Crippen molar-refractivity contribution in [1.29, 1.82) is 0 Å². The molecule has 0 radical (unpaired) electrons. The lowest BCUT2D eigenvalue weighted by atomic mass is 10.1. The summed E-state index contributed by atoms with van der Waals surface area (Å²) in [5.41, 5.74) is 2.36. The van der Waals surface area contributed by atoms with Crippen molar-refractivity contribution in [2.24, 2.45) is 0 Å². The minimum atomic E-state index is 0.0336. The highest BCUT2D eigenvalue weighted by Crippen LogP contribution is 2.42. The van der Waals surface area contributed by atoms with Gasteiger partial charge < -0.3 is 14.5 Å². The molecular weight excluding hydrogens is 356 g/mol. The number of nitrogens with zero attached hydrogens (tertiary/aromatic N) is 2. The van der Waals surface area contributed by atoms with Gasteiger partial charge in [-0.25, -0.2) is 0 Å². The molecule has 4 nitrogen and oxygen atoms in total. The van der Waals surface area contributed by atoms with E-state index in [-0.39, 0.29) is 11.3 Å². The van der Waals surface area contributed by atoms with Crippen LogP contribution in [-0.2, 0) is 11.2 Å². The second kappa shape index (κ2) is 9.81. The Hall–Kier alpha value is -1.98. The van der Waals surface area contributed by atoms with Crippen LogP contribution in [0.1, 0.15) is 22.9 Å². The van der Waals surface area contributed by atoms with E-state index in [9.17, 15) is 4.79 Å². The molecule has 1 heterocycles. The van der Waals surface area contributed by atoms with E-state index in [1.54, 1.807) is 11.8 Å². The minimum absolute atomic E-state index is 0.0336. The lowest BCUT2D eigenvalue weighted by molar-refractivity contribution is -0.128. The molecule has 0 aliphatic carbocycles. The zero-order valence-corrected chi connectivity index (χ0v) is 17.0. The van der Waals surface area contributed by atoms with Crippen molar-refractivity contribution in [1.82, 2.24) is 9.80 Å². The van der Waals surface area contributed by atoms with Gasteiger partial charge in [0.2, 0.25) is 5.91 Å². The van der Waals surface area contributed by atoms with E-state index in [1.807, 2.05) is 41.3 Å². The van der Waals surface area contributed by atoms with Gasteiger partial charge in [-0.1, -0.05) is 48.5 Å². The third-order valence-corrected chi connectivity index (χ3v) is 5.88. The molecule has 0 N–H and O–H groups in total. The maximum Gasteiger partial charge on any atom is 0.233 e. The molecule has 1 unspecified atom stereocenters. The van der Waals surface area contributed by atoms with Gasteiger partial charge in [0.15, 0.2) is 0 Å². The molecule has 1 aliphatic heterocycles. The average Bonchev–Trinajstić information content (AvgIpc) is 3.05. The van der Waals surface area contributed by atoms with E-state index in [0.29, 0.717) is 12.4 Å². The summed E-state index contributed by atoms with van der Waals surface area (Å²) in [5.74, 6) is 1.64. The molecule has 27 heavy (non-hydrogen) atoms. The number of hydrogen-bond donors (Lipinski definition) is 0. The molecule has 5 heteroatoms. The molecule has 3 rings (SSSR count). The summed E-state index contributed by atoms with van der Waals surface area (Å²) < 4.78 is 6.07. The van der Waals surface area contributed by atoms with Gasteiger partial charge in [-0.05, 0) is 38.6 Å². The lowest BCUT2D eigenvalue weighted by Crippen LogP contribution is -2.30. The molecule has 1 amide bonds. The number of carbonyl (C=O) groups is 1. The lowest BCUT2D eigenvalue weighted by Gasteiger charge is -2.26. The van der Waals surface area contributed by atoms with Gasteiger partial charge in [-0.2, -0.15) is 0 Å². The highest BCUT2D eigenvalue weighted by molar-refractivity contribution is 8.00. The normalized spacial score (nSPS) is 16.9. The first-order valence-electron chi connectivity index (χ1n) is 9.46. The van der Waals surface area contributed by atoms with Gasteiger partial charge in [0.05, 0.1) is 12.4 Å². The smallest absolute Gasteiger partial charge is 0.233 e. The topological polar surface area (TPSA) is 32.8 Å². The molecule has 2 aromatic carbocycles. The molecule has 0 spiro atoms. The van der Waals surface area contributed by atoms with Gasteiger partial charge in [0, 0.05) is 18.7 Å². The Bertz CT molecular complexity index is 736. The van der Waals surface area contributed by atoms with Gasteiger partial charge in [0.1, 0.15) is 11.1 Å². The molecule has 0 aromatic heterocycles. The van der Waals surface area contributed by atoms with Crippen LogP contribution in [-0.4, -0.2) is 55.3 Å². The third-order valence-electron chi connectivity index (χ3n) is 4.64. The average molecular weight is 385 g/mol. The van der Waals surface area contributed by atoms with Crippen molar-refractivity contribution >= 4 is 17.7 Å². The first-order chi connectivity index (χ1) is 13.1. The summed E-state index contributed by atoms with van der Waals surface area (Å²) in [4.78, 5) is 16.6. The Morgan fingerprint density at radius 1 is 1.11 bits per heavy atom. The predicted octanol–water partition coefficient (Wildman–Crippen LogP) is 3.83. The summed E-state index contributed by atoms with van der Waals surface area (Å²) in [5, 5.41) is 0.0336. The molecular formula is C22H28N2O2S. The molecule has 144 valence electrons. The highest BCUT2D eigenvalue weighted by Gasteiger charge is 2.34. The van der Waals surface area contributed by atoms with Crippen LogP contribution in [0, 0.1) is 0 Å². The van der Waals surface area contributed by atoms with Crippen LogP contribution in [0.5, 0.6) is 5.75 Å². The summed E-state index contributed by atoms with van der Waals surface area (Å²) in [6.45, 7) is 2.42. The number of carbonyl (C=O) groups excluding carboxylic acids is 1. The number of hydrogen-bond acceptors (Lipinski definition) is 4. The van der Waals surface area contributed by atoms with Gasteiger partial charge >= 0.3 is 0 Å². The number of benzene rings is 2. The van der Waals surface area contributed by atoms with E-state index >= 15 is 0 Å².